The number of piperazine rings is 1. The number of ether oxygens (including phenoxy) is 1. The third-order valence-corrected chi connectivity index (χ3v) is 5.26. The van der Waals surface area contributed by atoms with Gasteiger partial charge in [-0.25, -0.2) is 9.78 Å². The number of aryl methyl sites for hydroxylation is 2. The van der Waals surface area contributed by atoms with Crippen molar-refractivity contribution in [3.8, 4) is 17.1 Å². The maximum absolute atomic E-state index is 12.5. The molecule has 162 valence electrons. The lowest BCUT2D eigenvalue weighted by atomic mass is 10.1. The number of carbonyl (C=O) groups excluding carboxylic acids is 1. The topological polar surface area (TPSA) is 96.6 Å². The van der Waals surface area contributed by atoms with Gasteiger partial charge in [0.2, 0.25) is 0 Å². The summed E-state index contributed by atoms with van der Waals surface area (Å²) in [5, 5.41) is 2.92. The Morgan fingerprint density at radius 1 is 1.10 bits per heavy atom. The normalized spacial score (nSPS) is 13.9. The van der Waals surface area contributed by atoms with Gasteiger partial charge in [0.15, 0.2) is 11.7 Å². The quantitative estimate of drug-likeness (QED) is 0.675. The highest BCUT2D eigenvalue weighted by Crippen LogP contribution is 2.34. The van der Waals surface area contributed by atoms with E-state index in [9.17, 15) is 4.79 Å². The molecule has 4 rings (SSSR count). The summed E-state index contributed by atoms with van der Waals surface area (Å²) < 4.78 is 11.2. The molecule has 1 N–H and O–H groups in total. The SMILES string of the molecule is COc1cc(N2CCN(C(=O)NCc3cnc(C)cn3)CC2)ccc1-c1cnc(C)o1. The number of rotatable bonds is 5. The number of urea groups is 1. The van der Waals surface area contributed by atoms with E-state index in [1.54, 1.807) is 25.7 Å². The summed E-state index contributed by atoms with van der Waals surface area (Å²) >= 11 is 0. The maximum Gasteiger partial charge on any atom is 0.317 e. The van der Waals surface area contributed by atoms with Crippen LogP contribution < -0.4 is 15.0 Å². The van der Waals surface area contributed by atoms with E-state index < -0.39 is 0 Å². The molecule has 0 radical (unpaired) electrons. The number of anilines is 1. The van der Waals surface area contributed by atoms with Gasteiger partial charge in [0.1, 0.15) is 5.75 Å². The maximum atomic E-state index is 12.5. The first kappa shape index (κ1) is 20.6. The lowest BCUT2D eigenvalue weighted by Gasteiger charge is -2.36. The molecule has 0 saturated carbocycles. The van der Waals surface area contributed by atoms with Gasteiger partial charge in [-0.2, -0.15) is 0 Å². The second-order valence-corrected chi connectivity index (χ2v) is 7.41. The van der Waals surface area contributed by atoms with Gasteiger partial charge in [0.05, 0.1) is 43.0 Å². The first-order valence-corrected chi connectivity index (χ1v) is 10.2. The molecule has 2 amide bonds. The summed E-state index contributed by atoms with van der Waals surface area (Å²) in [5.41, 5.74) is 3.51. The number of nitrogens with zero attached hydrogens (tertiary/aromatic N) is 5. The Hall–Kier alpha value is -3.62. The van der Waals surface area contributed by atoms with Crippen LogP contribution >= 0.6 is 0 Å². The highest BCUT2D eigenvalue weighted by atomic mass is 16.5. The van der Waals surface area contributed by atoms with Crippen molar-refractivity contribution in [1.82, 2.24) is 25.2 Å². The van der Waals surface area contributed by atoms with E-state index in [0.29, 0.717) is 31.3 Å². The van der Waals surface area contributed by atoms with Crippen molar-refractivity contribution in [2.45, 2.75) is 20.4 Å². The number of hydrogen-bond donors (Lipinski definition) is 1. The number of amides is 2. The third-order valence-electron chi connectivity index (χ3n) is 5.26. The second-order valence-electron chi connectivity index (χ2n) is 7.41. The fraction of sp³-hybridized carbons (Fsp3) is 0.364. The molecule has 9 nitrogen and oxygen atoms in total. The average molecular weight is 422 g/mol. The minimum absolute atomic E-state index is 0.0874. The number of aromatic nitrogens is 3. The lowest BCUT2D eigenvalue weighted by Crippen LogP contribution is -2.51. The van der Waals surface area contributed by atoms with Crippen molar-refractivity contribution in [2.75, 3.05) is 38.2 Å². The van der Waals surface area contributed by atoms with Crippen LogP contribution in [0.1, 0.15) is 17.3 Å². The molecule has 1 aliphatic heterocycles. The van der Waals surface area contributed by atoms with Gasteiger partial charge < -0.3 is 24.3 Å². The summed E-state index contributed by atoms with van der Waals surface area (Å²) in [6.45, 7) is 6.81. The van der Waals surface area contributed by atoms with Crippen LogP contribution in [0, 0.1) is 13.8 Å². The van der Waals surface area contributed by atoms with Crippen molar-refractivity contribution >= 4 is 11.7 Å². The first-order valence-electron chi connectivity index (χ1n) is 10.2. The van der Waals surface area contributed by atoms with E-state index >= 15 is 0 Å². The highest BCUT2D eigenvalue weighted by molar-refractivity contribution is 5.75. The van der Waals surface area contributed by atoms with Crippen molar-refractivity contribution < 1.29 is 13.9 Å². The Morgan fingerprint density at radius 2 is 1.90 bits per heavy atom. The van der Waals surface area contributed by atoms with E-state index in [1.807, 2.05) is 36.9 Å². The molecule has 0 unspecified atom stereocenters. The Balaban J connectivity index is 1.34. The van der Waals surface area contributed by atoms with Gasteiger partial charge in [-0.1, -0.05) is 0 Å². The Morgan fingerprint density at radius 3 is 2.55 bits per heavy atom. The zero-order valence-corrected chi connectivity index (χ0v) is 18.0. The fourth-order valence-corrected chi connectivity index (χ4v) is 3.52. The molecule has 1 aliphatic rings. The molecule has 0 bridgehead atoms. The van der Waals surface area contributed by atoms with Crippen molar-refractivity contribution in [3.05, 3.63) is 54.1 Å². The van der Waals surface area contributed by atoms with E-state index in [1.165, 1.54) is 0 Å². The van der Waals surface area contributed by atoms with E-state index in [2.05, 4.69) is 25.2 Å². The molecular weight excluding hydrogens is 396 g/mol. The third kappa shape index (κ3) is 4.76. The molecule has 0 atom stereocenters. The predicted octanol–water partition coefficient (Wildman–Crippen LogP) is 2.79. The van der Waals surface area contributed by atoms with Crippen LogP contribution in [0.4, 0.5) is 10.5 Å². The molecule has 3 aromatic rings. The minimum atomic E-state index is -0.0874. The molecule has 3 heterocycles. The van der Waals surface area contributed by atoms with Crippen molar-refractivity contribution in [1.29, 1.82) is 0 Å². The van der Waals surface area contributed by atoms with Crippen LogP contribution in [-0.4, -0.2) is 59.2 Å². The monoisotopic (exact) mass is 422 g/mol. The van der Waals surface area contributed by atoms with E-state index in [0.717, 1.165) is 41.5 Å². The standard InChI is InChI=1S/C22H26N6O3/c1-15-11-25-17(12-23-15)13-26-22(29)28-8-6-27(7-9-28)18-4-5-19(20(10-18)30-3)21-14-24-16(2)31-21/h4-5,10-12,14H,6-9,13H2,1-3H3,(H,26,29). The molecule has 2 aromatic heterocycles. The molecule has 0 aliphatic carbocycles. The number of nitrogens with one attached hydrogen (secondary N) is 1. The van der Waals surface area contributed by atoms with E-state index in [4.69, 9.17) is 9.15 Å². The Bertz CT molecular complexity index is 1040. The highest BCUT2D eigenvalue weighted by Gasteiger charge is 2.22. The van der Waals surface area contributed by atoms with Crippen molar-refractivity contribution in [3.63, 3.8) is 0 Å². The van der Waals surface area contributed by atoms with Crippen LogP contribution in [-0.2, 0) is 6.54 Å². The first-order chi connectivity index (χ1) is 15.0. The number of oxazole rings is 1. The lowest BCUT2D eigenvalue weighted by molar-refractivity contribution is 0.193. The molecule has 1 fully saturated rings. The predicted molar refractivity (Wildman–Crippen MR) is 116 cm³/mol. The van der Waals surface area contributed by atoms with Gasteiger partial charge in [-0.3, -0.25) is 9.97 Å². The molecule has 9 heteroatoms. The molecule has 1 saturated heterocycles. The molecular formula is C22H26N6O3. The van der Waals surface area contributed by atoms with Crippen LogP contribution in [0.3, 0.4) is 0 Å². The van der Waals surface area contributed by atoms with Gasteiger partial charge >= 0.3 is 6.03 Å². The Kier molecular flexibility index (Phi) is 6.01. The van der Waals surface area contributed by atoms with Crippen LogP contribution in [0.25, 0.3) is 11.3 Å². The second kappa shape index (κ2) is 9.03. The number of benzene rings is 1. The zero-order valence-electron chi connectivity index (χ0n) is 18.0. The van der Waals surface area contributed by atoms with Gasteiger partial charge in [-0.05, 0) is 19.1 Å². The summed E-state index contributed by atoms with van der Waals surface area (Å²) in [6, 6.07) is 5.94. The summed E-state index contributed by atoms with van der Waals surface area (Å²) in [4.78, 5) is 29.2. The average Bonchev–Trinajstić information content (AvgIpc) is 3.24. The van der Waals surface area contributed by atoms with Gasteiger partial charge in [0, 0.05) is 51.1 Å². The van der Waals surface area contributed by atoms with Crippen LogP contribution in [0.15, 0.2) is 41.2 Å². The van der Waals surface area contributed by atoms with Crippen LogP contribution in [0.5, 0.6) is 5.75 Å². The number of hydrogen-bond acceptors (Lipinski definition) is 7. The van der Waals surface area contributed by atoms with Crippen LogP contribution in [0.2, 0.25) is 0 Å². The summed E-state index contributed by atoms with van der Waals surface area (Å²) in [7, 11) is 1.65. The Labute approximate surface area is 181 Å². The zero-order chi connectivity index (χ0) is 21.8. The molecule has 1 aromatic carbocycles. The minimum Gasteiger partial charge on any atom is -0.496 e. The number of carbonyl (C=O) groups is 1. The molecule has 0 spiro atoms. The van der Waals surface area contributed by atoms with Gasteiger partial charge in [0.25, 0.3) is 0 Å². The summed E-state index contributed by atoms with van der Waals surface area (Å²) in [5.74, 6) is 2.03. The fourth-order valence-electron chi connectivity index (χ4n) is 3.52. The summed E-state index contributed by atoms with van der Waals surface area (Å²) in [6.07, 6.45) is 5.08. The number of methoxy groups -OCH3 is 1. The molecule has 31 heavy (non-hydrogen) atoms. The smallest absolute Gasteiger partial charge is 0.317 e. The van der Waals surface area contributed by atoms with Crippen molar-refractivity contribution in [2.24, 2.45) is 0 Å². The largest absolute Gasteiger partial charge is 0.496 e. The van der Waals surface area contributed by atoms with Gasteiger partial charge in [-0.15, -0.1) is 0 Å². The van der Waals surface area contributed by atoms with E-state index in [-0.39, 0.29) is 6.03 Å².